The van der Waals surface area contributed by atoms with E-state index >= 15 is 0 Å². The average molecular weight is 396 g/mol. The molecule has 150 valence electrons. The van der Waals surface area contributed by atoms with Gasteiger partial charge in [-0.3, -0.25) is 4.79 Å². The Labute approximate surface area is 161 Å². The quantitative estimate of drug-likeness (QED) is 0.601. The van der Waals surface area contributed by atoms with Gasteiger partial charge in [0.1, 0.15) is 17.1 Å². The Kier molecular flexibility index (Phi) is 7.06. The molecule has 0 spiro atoms. The third-order valence-electron chi connectivity index (χ3n) is 4.73. The van der Waals surface area contributed by atoms with Crippen molar-refractivity contribution in [3.63, 3.8) is 0 Å². The van der Waals surface area contributed by atoms with Gasteiger partial charge in [0.15, 0.2) is 5.43 Å². The van der Waals surface area contributed by atoms with E-state index in [1.807, 2.05) is 0 Å². The van der Waals surface area contributed by atoms with E-state index in [4.69, 9.17) is 9.56 Å². The van der Waals surface area contributed by atoms with Gasteiger partial charge in [0, 0.05) is 11.5 Å². The number of hydrogen-bond acceptors (Lipinski definition) is 5. The molecule has 0 radical (unpaired) electrons. The van der Waals surface area contributed by atoms with Crippen LogP contribution in [0.15, 0.2) is 33.5 Å². The molecule has 0 bridgehead atoms. The first-order valence-corrected chi connectivity index (χ1v) is 10.9. The van der Waals surface area contributed by atoms with Gasteiger partial charge in [-0.05, 0) is 24.6 Å². The lowest BCUT2D eigenvalue weighted by molar-refractivity contribution is 0.357. The van der Waals surface area contributed by atoms with Crippen LogP contribution in [0.25, 0.3) is 11.0 Å². The monoisotopic (exact) mass is 395 g/mol. The van der Waals surface area contributed by atoms with E-state index in [1.165, 1.54) is 56.4 Å². The standard InChI is InChI=1S/C20H29NO5S/c1-4-5-6-7-8-9-12-20(2,3)19-14-17(22)16-13-15(26-27(21,23)24)10-11-18(16)25-19/h10-11,13-14H,4-9,12H2,1-3H3,(H2,21,23,24). The minimum absolute atomic E-state index is 0.0172. The molecule has 0 aliphatic rings. The Bertz CT molecular complexity index is 931. The fraction of sp³-hybridized carbons (Fsp3) is 0.550. The zero-order chi connectivity index (χ0) is 20.1. The molecule has 2 aromatic rings. The fourth-order valence-corrected chi connectivity index (χ4v) is 3.50. The molecule has 2 rings (SSSR count). The summed E-state index contributed by atoms with van der Waals surface area (Å²) in [6, 6.07) is 5.76. The molecular weight excluding hydrogens is 366 g/mol. The molecule has 0 saturated heterocycles. The molecule has 6 nitrogen and oxygen atoms in total. The molecule has 1 aromatic carbocycles. The maximum Gasteiger partial charge on any atom is 0.380 e. The first-order chi connectivity index (χ1) is 12.6. The molecule has 1 heterocycles. The highest BCUT2D eigenvalue weighted by Crippen LogP contribution is 2.31. The lowest BCUT2D eigenvalue weighted by Crippen LogP contribution is -2.20. The van der Waals surface area contributed by atoms with Gasteiger partial charge in [0.05, 0.1) is 5.39 Å². The minimum Gasteiger partial charge on any atom is -0.460 e. The van der Waals surface area contributed by atoms with E-state index in [0.717, 1.165) is 12.8 Å². The van der Waals surface area contributed by atoms with Crippen molar-refractivity contribution in [2.45, 2.75) is 71.1 Å². The summed E-state index contributed by atoms with van der Waals surface area (Å²) < 4.78 is 32.7. The molecule has 0 aliphatic carbocycles. The van der Waals surface area contributed by atoms with Crippen LogP contribution in [-0.2, 0) is 15.7 Å². The van der Waals surface area contributed by atoms with Crippen LogP contribution in [-0.4, -0.2) is 8.42 Å². The maximum absolute atomic E-state index is 12.5. The zero-order valence-electron chi connectivity index (χ0n) is 16.3. The summed E-state index contributed by atoms with van der Waals surface area (Å²) >= 11 is 0. The second-order valence-electron chi connectivity index (χ2n) is 7.61. The summed E-state index contributed by atoms with van der Waals surface area (Å²) in [4.78, 5) is 12.5. The molecular formula is C20H29NO5S. The Morgan fingerprint density at radius 1 is 1.07 bits per heavy atom. The summed E-state index contributed by atoms with van der Waals surface area (Å²) in [5, 5.41) is 5.12. The van der Waals surface area contributed by atoms with Crippen molar-refractivity contribution in [1.82, 2.24) is 0 Å². The van der Waals surface area contributed by atoms with Gasteiger partial charge in [0.25, 0.3) is 0 Å². The van der Waals surface area contributed by atoms with Crippen LogP contribution in [0.3, 0.4) is 0 Å². The molecule has 0 fully saturated rings. The zero-order valence-corrected chi connectivity index (χ0v) is 17.1. The number of hydrogen-bond donors (Lipinski definition) is 1. The summed E-state index contributed by atoms with van der Waals surface area (Å²) in [6.45, 7) is 6.35. The smallest absolute Gasteiger partial charge is 0.380 e. The van der Waals surface area contributed by atoms with Gasteiger partial charge in [-0.25, -0.2) is 0 Å². The first kappa shape index (κ1) is 21.4. The van der Waals surface area contributed by atoms with Crippen LogP contribution in [0, 0.1) is 0 Å². The van der Waals surface area contributed by atoms with E-state index in [9.17, 15) is 13.2 Å². The number of benzene rings is 1. The molecule has 2 N–H and O–H groups in total. The first-order valence-electron chi connectivity index (χ1n) is 9.43. The topological polar surface area (TPSA) is 99.6 Å². The number of fused-ring (bicyclic) bond motifs is 1. The third-order valence-corrected chi connectivity index (χ3v) is 5.16. The maximum atomic E-state index is 12.5. The molecule has 7 heteroatoms. The van der Waals surface area contributed by atoms with Gasteiger partial charge in [0.2, 0.25) is 0 Å². The highest BCUT2D eigenvalue weighted by Gasteiger charge is 2.24. The lowest BCUT2D eigenvalue weighted by Gasteiger charge is -2.23. The Balaban J connectivity index is 2.16. The van der Waals surface area contributed by atoms with E-state index in [1.54, 1.807) is 0 Å². The molecule has 27 heavy (non-hydrogen) atoms. The normalized spacial score (nSPS) is 12.4. The SMILES string of the molecule is CCCCCCCCC(C)(C)c1cc(=O)c2cc(OS(N)(=O)=O)ccc2o1. The predicted octanol–water partition coefficient (Wildman–Crippen LogP) is 4.40. The van der Waals surface area contributed by atoms with Gasteiger partial charge in [-0.1, -0.05) is 59.3 Å². The van der Waals surface area contributed by atoms with Crippen LogP contribution in [0.4, 0.5) is 0 Å². The van der Waals surface area contributed by atoms with E-state index in [-0.39, 0.29) is 22.0 Å². The van der Waals surface area contributed by atoms with Crippen LogP contribution < -0.4 is 14.8 Å². The Hall–Kier alpha value is -1.86. The third kappa shape index (κ3) is 6.36. The molecule has 0 atom stereocenters. The second kappa shape index (κ2) is 8.89. The number of nitrogens with two attached hydrogens (primary N) is 1. The lowest BCUT2D eigenvalue weighted by atomic mass is 9.84. The summed E-state index contributed by atoms with van der Waals surface area (Å²) in [5.41, 5.74) is -0.0918. The van der Waals surface area contributed by atoms with E-state index in [0.29, 0.717) is 11.3 Å². The predicted molar refractivity (Wildman–Crippen MR) is 107 cm³/mol. The largest absolute Gasteiger partial charge is 0.460 e. The van der Waals surface area contributed by atoms with Crippen molar-refractivity contribution >= 4 is 21.3 Å². The Morgan fingerprint density at radius 3 is 2.41 bits per heavy atom. The van der Waals surface area contributed by atoms with Crippen LogP contribution in [0.2, 0.25) is 0 Å². The average Bonchev–Trinajstić information content (AvgIpc) is 2.57. The van der Waals surface area contributed by atoms with E-state index < -0.39 is 10.3 Å². The van der Waals surface area contributed by atoms with Gasteiger partial charge < -0.3 is 8.60 Å². The van der Waals surface area contributed by atoms with Crippen LogP contribution in [0.5, 0.6) is 5.75 Å². The molecule has 0 aliphatic heterocycles. The van der Waals surface area contributed by atoms with Gasteiger partial charge >= 0.3 is 10.3 Å². The van der Waals surface area contributed by atoms with Crippen LogP contribution in [0.1, 0.15) is 71.5 Å². The summed E-state index contributed by atoms with van der Waals surface area (Å²) in [5.74, 6) is 0.616. The van der Waals surface area contributed by atoms with Crippen molar-refractivity contribution in [2.24, 2.45) is 5.14 Å². The second-order valence-corrected chi connectivity index (χ2v) is 8.76. The number of unbranched alkanes of at least 4 members (excludes halogenated alkanes) is 5. The van der Waals surface area contributed by atoms with Gasteiger partial charge in [-0.2, -0.15) is 13.6 Å². The van der Waals surface area contributed by atoms with Crippen molar-refractivity contribution in [1.29, 1.82) is 0 Å². The van der Waals surface area contributed by atoms with Crippen molar-refractivity contribution in [2.75, 3.05) is 0 Å². The Morgan fingerprint density at radius 2 is 1.74 bits per heavy atom. The summed E-state index contributed by atoms with van der Waals surface area (Å²) in [6.07, 6.45) is 8.20. The van der Waals surface area contributed by atoms with Gasteiger partial charge in [-0.15, -0.1) is 0 Å². The van der Waals surface area contributed by atoms with E-state index in [2.05, 4.69) is 25.0 Å². The molecule has 0 unspecified atom stereocenters. The molecule has 0 saturated carbocycles. The highest BCUT2D eigenvalue weighted by atomic mass is 32.2. The van der Waals surface area contributed by atoms with Crippen molar-refractivity contribution < 1.29 is 17.0 Å². The molecule has 0 amide bonds. The summed E-state index contributed by atoms with van der Waals surface area (Å²) in [7, 11) is -4.14. The van der Waals surface area contributed by atoms with Crippen LogP contribution >= 0.6 is 0 Å². The van der Waals surface area contributed by atoms with Crippen molar-refractivity contribution in [3.05, 3.63) is 40.2 Å². The highest BCUT2D eigenvalue weighted by molar-refractivity contribution is 7.84. The molecule has 1 aromatic heterocycles. The number of rotatable bonds is 10. The minimum atomic E-state index is -4.14. The fourth-order valence-electron chi connectivity index (χ4n) is 3.13. The van der Waals surface area contributed by atoms with Crippen molar-refractivity contribution in [3.8, 4) is 5.75 Å².